The van der Waals surface area contributed by atoms with E-state index < -0.39 is 0 Å². The van der Waals surface area contributed by atoms with Gasteiger partial charge in [-0.05, 0) is 24.7 Å². The molecule has 100 valence electrons. The molecule has 1 fully saturated rings. The number of urea groups is 1. The molecule has 1 aliphatic rings. The summed E-state index contributed by atoms with van der Waals surface area (Å²) in [5, 5.41) is 14.5. The van der Waals surface area contributed by atoms with Gasteiger partial charge in [0.05, 0.1) is 6.10 Å². The van der Waals surface area contributed by atoms with Gasteiger partial charge in [0.2, 0.25) is 0 Å². The molecule has 3 N–H and O–H groups in total. The first-order valence-corrected chi connectivity index (χ1v) is 6.28. The number of rotatable bonds is 6. The van der Waals surface area contributed by atoms with E-state index in [9.17, 15) is 4.79 Å². The van der Waals surface area contributed by atoms with Gasteiger partial charge in [-0.25, -0.2) is 4.79 Å². The molecular formula is C12H24N2O3. The fourth-order valence-electron chi connectivity index (χ4n) is 1.78. The summed E-state index contributed by atoms with van der Waals surface area (Å²) in [6.45, 7) is 6.12. The van der Waals surface area contributed by atoms with Gasteiger partial charge in [-0.1, -0.05) is 13.8 Å². The third-order valence-electron chi connectivity index (χ3n) is 3.03. The fraction of sp³-hybridized carbons (Fsp3) is 0.917. The van der Waals surface area contributed by atoms with E-state index in [0.717, 1.165) is 19.4 Å². The molecule has 5 heteroatoms. The first-order valence-electron chi connectivity index (χ1n) is 6.28. The van der Waals surface area contributed by atoms with Gasteiger partial charge in [0, 0.05) is 26.3 Å². The van der Waals surface area contributed by atoms with Crippen LogP contribution in [-0.2, 0) is 4.74 Å². The summed E-state index contributed by atoms with van der Waals surface area (Å²) in [7, 11) is 0. The van der Waals surface area contributed by atoms with Crippen molar-refractivity contribution in [3.63, 3.8) is 0 Å². The Bertz CT molecular complexity index is 238. The van der Waals surface area contributed by atoms with E-state index in [1.54, 1.807) is 0 Å². The third-order valence-corrected chi connectivity index (χ3v) is 3.03. The molecule has 0 bridgehead atoms. The van der Waals surface area contributed by atoms with Crippen LogP contribution in [0.4, 0.5) is 4.79 Å². The third kappa shape index (κ3) is 5.89. The molecule has 0 radical (unpaired) electrons. The maximum Gasteiger partial charge on any atom is 0.314 e. The van der Waals surface area contributed by atoms with E-state index in [0.29, 0.717) is 19.5 Å². The van der Waals surface area contributed by atoms with Crippen LogP contribution in [0, 0.1) is 5.41 Å². The number of nitrogens with one attached hydrogen (secondary N) is 2. The summed E-state index contributed by atoms with van der Waals surface area (Å²) in [5.41, 5.74) is -0.0735. The quantitative estimate of drug-likeness (QED) is 0.649. The Morgan fingerprint density at radius 3 is 2.82 bits per heavy atom. The van der Waals surface area contributed by atoms with E-state index in [1.165, 1.54) is 0 Å². The normalized spacial score (nSPS) is 20.3. The van der Waals surface area contributed by atoms with Crippen LogP contribution in [0.15, 0.2) is 0 Å². The van der Waals surface area contributed by atoms with E-state index in [2.05, 4.69) is 10.6 Å². The van der Waals surface area contributed by atoms with Crippen LogP contribution in [0.25, 0.3) is 0 Å². The lowest BCUT2D eigenvalue weighted by Gasteiger charge is -2.24. The Labute approximate surface area is 103 Å². The summed E-state index contributed by atoms with van der Waals surface area (Å²) in [5.74, 6) is 0. The second-order valence-corrected chi connectivity index (χ2v) is 5.34. The van der Waals surface area contributed by atoms with E-state index in [1.807, 2.05) is 13.8 Å². The number of ether oxygens (including phenoxy) is 1. The smallest absolute Gasteiger partial charge is 0.314 e. The molecule has 1 saturated heterocycles. The zero-order valence-corrected chi connectivity index (χ0v) is 10.8. The molecule has 0 aromatic heterocycles. The van der Waals surface area contributed by atoms with Crippen molar-refractivity contribution >= 4 is 6.03 Å². The summed E-state index contributed by atoms with van der Waals surface area (Å²) in [6, 6.07) is -0.161. The van der Waals surface area contributed by atoms with E-state index in [4.69, 9.17) is 9.84 Å². The molecule has 1 rings (SSSR count). The van der Waals surface area contributed by atoms with E-state index in [-0.39, 0.29) is 24.2 Å². The Morgan fingerprint density at radius 2 is 2.24 bits per heavy atom. The number of carbonyl (C=O) groups is 1. The zero-order chi connectivity index (χ0) is 12.7. The number of hydrogen-bond acceptors (Lipinski definition) is 3. The highest BCUT2D eigenvalue weighted by atomic mass is 16.5. The van der Waals surface area contributed by atoms with Crippen molar-refractivity contribution in [3.05, 3.63) is 0 Å². The number of aliphatic hydroxyl groups is 1. The lowest BCUT2D eigenvalue weighted by Crippen LogP contribution is -2.43. The molecule has 0 spiro atoms. The number of hydrogen-bond donors (Lipinski definition) is 3. The average molecular weight is 244 g/mol. The Kier molecular flexibility index (Phi) is 5.71. The van der Waals surface area contributed by atoms with Crippen molar-refractivity contribution in [1.29, 1.82) is 0 Å². The first kappa shape index (κ1) is 14.3. The van der Waals surface area contributed by atoms with Gasteiger partial charge in [-0.2, -0.15) is 0 Å². The minimum atomic E-state index is -0.161. The predicted molar refractivity (Wildman–Crippen MR) is 65.9 cm³/mol. The summed E-state index contributed by atoms with van der Waals surface area (Å²) in [4.78, 5) is 11.5. The minimum absolute atomic E-state index is 0.0735. The van der Waals surface area contributed by atoms with Crippen LogP contribution in [0.2, 0.25) is 0 Å². The lowest BCUT2D eigenvalue weighted by molar-refractivity contribution is 0.111. The minimum Gasteiger partial charge on any atom is -0.396 e. The maximum absolute atomic E-state index is 11.5. The molecule has 0 saturated carbocycles. The van der Waals surface area contributed by atoms with Crippen molar-refractivity contribution in [1.82, 2.24) is 10.6 Å². The van der Waals surface area contributed by atoms with Crippen LogP contribution in [0.3, 0.4) is 0 Å². The molecule has 2 amide bonds. The Morgan fingerprint density at radius 1 is 1.47 bits per heavy atom. The molecule has 0 aliphatic carbocycles. The van der Waals surface area contributed by atoms with Crippen molar-refractivity contribution < 1.29 is 14.6 Å². The van der Waals surface area contributed by atoms with Crippen molar-refractivity contribution in [2.45, 2.75) is 39.2 Å². The largest absolute Gasteiger partial charge is 0.396 e. The fourth-order valence-corrected chi connectivity index (χ4v) is 1.78. The van der Waals surface area contributed by atoms with Crippen LogP contribution >= 0.6 is 0 Å². The molecule has 0 aromatic carbocycles. The standard InChI is InChI=1S/C12H24N2O3/c1-12(2,5-6-15)9-14-11(16)13-8-10-4-3-7-17-10/h10,15H,3-9H2,1-2H3,(H2,13,14,16). The topological polar surface area (TPSA) is 70.6 Å². The van der Waals surface area contributed by atoms with Crippen molar-refractivity contribution in [3.8, 4) is 0 Å². The predicted octanol–water partition coefficient (Wildman–Crippen LogP) is 0.873. The molecule has 5 nitrogen and oxygen atoms in total. The van der Waals surface area contributed by atoms with Gasteiger partial charge in [-0.15, -0.1) is 0 Å². The summed E-state index contributed by atoms with van der Waals surface area (Å²) < 4.78 is 5.41. The first-order chi connectivity index (χ1) is 8.03. The number of amides is 2. The average Bonchev–Trinajstić information content (AvgIpc) is 2.76. The second kappa shape index (κ2) is 6.81. The highest BCUT2D eigenvalue weighted by Gasteiger charge is 2.19. The highest BCUT2D eigenvalue weighted by molar-refractivity contribution is 5.73. The van der Waals surface area contributed by atoms with Crippen LogP contribution in [-0.4, -0.2) is 43.5 Å². The summed E-state index contributed by atoms with van der Waals surface area (Å²) >= 11 is 0. The second-order valence-electron chi connectivity index (χ2n) is 5.34. The number of aliphatic hydroxyl groups excluding tert-OH is 1. The van der Waals surface area contributed by atoms with Gasteiger partial charge in [0.1, 0.15) is 0 Å². The van der Waals surface area contributed by atoms with Crippen molar-refractivity contribution in [2.24, 2.45) is 5.41 Å². The molecule has 0 aromatic rings. The van der Waals surface area contributed by atoms with Crippen LogP contribution in [0.5, 0.6) is 0 Å². The highest BCUT2D eigenvalue weighted by Crippen LogP contribution is 2.17. The van der Waals surface area contributed by atoms with Gasteiger partial charge < -0.3 is 20.5 Å². The van der Waals surface area contributed by atoms with Crippen molar-refractivity contribution in [2.75, 3.05) is 26.3 Å². The molecule has 1 aliphatic heterocycles. The number of carbonyl (C=O) groups excluding carboxylic acids is 1. The summed E-state index contributed by atoms with van der Waals surface area (Å²) in [6.07, 6.45) is 2.96. The molecule has 1 heterocycles. The monoisotopic (exact) mass is 244 g/mol. The molecule has 17 heavy (non-hydrogen) atoms. The SMILES string of the molecule is CC(C)(CCO)CNC(=O)NCC1CCCO1. The van der Waals surface area contributed by atoms with Gasteiger partial charge in [-0.3, -0.25) is 0 Å². The maximum atomic E-state index is 11.5. The lowest BCUT2D eigenvalue weighted by atomic mass is 9.90. The Balaban J connectivity index is 2.11. The van der Waals surface area contributed by atoms with Crippen LogP contribution < -0.4 is 10.6 Å². The van der Waals surface area contributed by atoms with Gasteiger partial charge in [0.25, 0.3) is 0 Å². The molecule has 1 unspecified atom stereocenters. The van der Waals surface area contributed by atoms with Gasteiger partial charge in [0.15, 0.2) is 0 Å². The van der Waals surface area contributed by atoms with Gasteiger partial charge >= 0.3 is 6.03 Å². The van der Waals surface area contributed by atoms with E-state index >= 15 is 0 Å². The zero-order valence-electron chi connectivity index (χ0n) is 10.8. The van der Waals surface area contributed by atoms with Crippen LogP contribution in [0.1, 0.15) is 33.1 Å². The molecular weight excluding hydrogens is 220 g/mol. The molecule has 1 atom stereocenters. The Hall–Kier alpha value is -0.810.